The van der Waals surface area contributed by atoms with E-state index in [0.717, 1.165) is 5.66 Å². The van der Waals surface area contributed by atoms with Crippen molar-refractivity contribution in [2.75, 3.05) is 12.3 Å². The van der Waals surface area contributed by atoms with Crippen molar-refractivity contribution in [1.82, 2.24) is 0 Å². The topological polar surface area (TPSA) is 0 Å². The lowest BCUT2D eigenvalue weighted by Gasteiger charge is -2.26. The predicted octanol–water partition coefficient (Wildman–Crippen LogP) is 6.04. The summed E-state index contributed by atoms with van der Waals surface area (Å²) in [5, 5.41) is 0. The molecule has 0 saturated carbocycles. The van der Waals surface area contributed by atoms with Gasteiger partial charge in [-0.15, -0.1) is 7.92 Å². The molecule has 0 aliphatic heterocycles. The van der Waals surface area contributed by atoms with Crippen LogP contribution in [0.3, 0.4) is 0 Å². The Morgan fingerprint density at radius 2 is 1.12 bits per heavy atom. The van der Waals surface area contributed by atoms with Crippen molar-refractivity contribution >= 4 is 7.92 Å². The van der Waals surface area contributed by atoms with E-state index < -0.39 is 0 Å². The minimum atomic E-state index is 0.353. The zero-order chi connectivity index (χ0) is 12.2. The molecule has 0 bridgehead atoms. The first-order chi connectivity index (χ1) is 7.79. The lowest BCUT2D eigenvalue weighted by Crippen LogP contribution is -2.08. The van der Waals surface area contributed by atoms with Gasteiger partial charge in [0.1, 0.15) is 0 Å². The lowest BCUT2D eigenvalue weighted by atomic mass is 10.3. The fourth-order valence-electron chi connectivity index (χ4n) is 2.41. The summed E-state index contributed by atoms with van der Waals surface area (Å²) in [5.74, 6) is 0. The Balaban J connectivity index is 3.93. The maximum absolute atomic E-state index is 2.39. The van der Waals surface area contributed by atoms with Crippen LogP contribution in [0.2, 0.25) is 0 Å². The van der Waals surface area contributed by atoms with Gasteiger partial charge in [0, 0.05) is 0 Å². The molecule has 0 aliphatic carbocycles. The average Bonchev–Trinajstić information content (AvgIpc) is 2.30. The molecule has 0 amide bonds. The second-order valence-electron chi connectivity index (χ2n) is 4.92. The largest absolute Gasteiger partial charge is 0.104 e. The highest BCUT2D eigenvalue weighted by atomic mass is 31.1. The van der Waals surface area contributed by atoms with Crippen molar-refractivity contribution in [3.63, 3.8) is 0 Å². The summed E-state index contributed by atoms with van der Waals surface area (Å²) in [6, 6.07) is 0. The highest BCUT2D eigenvalue weighted by molar-refractivity contribution is 7.58. The summed E-state index contributed by atoms with van der Waals surface area (Å²) in [5.41, 5.74) is 1.06. The number of hydrogen-bond donors (Lipinski definition) is 0. The van der Waals surface area contributed by atoms with Crippen molar-refractivity contribution in [2.45, 2.75) is 84.7 Å². The van der Waals surface area contributed by atoms with Crippen LogP contribution in [0.4, 0.5) is 0 Å². The van der Waals surface area contributed by atoms with E-state index in [2.05, 4.69) is 27.7 Å². The highest BCUT2D eigenvalue weighted by Crippen LogP contribution is 2.46. The van der Waals surface area contributed by atoms with Gasteiger partial charge in [-0.2, -0.15) is 0 Å². The van der Waals surface area contributed by atoms with Crippen LogP contribution in [0.15, 0.2) is 0 Å². The minimum Gasteiger partial charge on any atom is -0.104 e. The van der Waals surface area contributed by atoms with Crippen molar-refractivity contribution < 1.29 is 0 Å². The van der Waals surface area contributed by atoms with Crippen LogP contribution in [0, 0.1) is 0 Å². The molecular formula is C15H33P. The molecule has 0 spiro atoms. The van der Waals surface area contributed by atoms with Crippen LogP contribution < -0.4 is 0 Å². The van der Waals surface area contributed by atoms with Crippen LogP contribution in [-0.2, 0) is 0 Å². The normalized spacial score (nSPS) is 11.6. The van der Waals surface area contributed by atoms with E-state index in [1.807, 2.05) is 0 Å². The molecule has 0 aromatic rings. The van der Waals surface area contributed by atoms with Crippen molar-refractivity contribution in [2.24, 2.45) is 0 Å². The molecule has 0 saturated heterocycles. The van der Waals surface area contributed by atoms with E-state index >= 15 is 0 Å². The van der Waals surface area contributed by atoms with Gasteiger partial charge < -0.3 is 0 Å². The van der Waals surface area contributed by atoms with Crippen molar-refractivity contribution in [3.8, 4) is 0 Å². The first-order valence-corrected chi connectivity index (χ1v) is 9.32. The van der Waals surface area contributed by atoms with Gasteiger partial charge in [-0.05, 0) is 43.7 Å². The van der Waals surface area contributed by atoms with Gasteiger partial charge in [-0.1, -0.05) is 53.4 Å². The molecule has 0 aliphatic rings. The summed E-state index contributed by atoms with van der Waals surface area (Å²) in [7, 11) is 0.353. The molecule has 0 nitrogen and oxygen atoms in total. The highest BCUT2D eigenvalue weighted by Gasteiger charge is 2.16. The standard InChI is InChI=1S/C15H33P/c1-5-9-11-13-16(14-12-10-6-2)15(7-3)8-4/h15H,5-14H2,1-4H3. The van der Waals surface area contributed by atoms with Crippen LogP contribution >= 0.6 is 7.92 Å². The van der Waals surface area contributed by atoms with Gasteiger partial charge in [0.05, 0.1) is 0 Å². The zero-order valence-corrected chi connectivity index (χ0v) is 13.0. The number of rotatable bonds is 11. The lowest BCUT2D eigenvalue weighted by molar-refractivity contribution is 0.733. The monoisotopic (exact) mass is 244 g/mol. The second kappa shape index (κ2) is 11.9. The molecular weight excluding hydrogens is 211 g/mol. The molecule has 0 rings (SSSR count). The van der Waals surface area contributed by atoms with Crippen LogP contribution in [-0.4, -0.2) is 18.0 Å². The second-order valence-corrected chi connectivity index (χ2v) is 7.72. The van der Waals surface area contributed by atoms with Gasteiger partial charge in [0.2, 0.25) is 0 Å². The van der Waals surface area contributed by atoms with Crippen molar-refractivity contribution in [1.29, 1.82) is 0 Å². The fraction of sp³-hybridized carbons (Fsp3) is 1.00. The van der Waals surface area contributed by atoms with Crippen molar-refractivity contribution in [3.05, 3.63) is 0 Å². The SMILES string of the molecule is CCCCCP(CCCCC)C(CC)CC. The minimum absolute atomic E-state index is 0.353. The summed E-state index contributed by atoms with van der Waals surface area (Å²) in [6.07, 6.45) is 14.6. The molecule has 16 heavy (non-hydrogen) atoms. The van der Waals surface area contributed by atoms with E-state index in [1.165, 1.54) is 51.4 Å². The summed E-state index contributed by atoms with van der Waals surface area (Å²) in [6.45, 7) is 9.42. The number of hydrogen-bond acceptors (Lipinski definition) is 0. The van der Waals surface area contributed by atoms with Crippen LogP contribution in [0.25, 0.3) is 0 Å². The molecule has 0 radical (unpaired) electrons. The molecule has 0 aromatic carbocycles. The van der Waals surface area contributed by atoms with Crippen LogP contribution in [0.5, 0.6) is 0 Å². The Bertz CT molecular complexity index is 119. The molecule has 0 fully saturated rings. The van der Waals surface area contributed by atoms with E-state index in [4.69, 9.17) is 0 Å². The fourth-order valence-corrected chi connectivity index (χ4v) is 5.66. The molecule has 0 N–H and O–H groups in total. The van der Waals surface area contributed by atoms with E-state index in [1.54, 1.807) is 12.3 Å². The smallest absolute Gasteiger partial charge is 0.0214 e. The van der Waals surface area contributed by atoms with Gasteiger partial charge in [0.15, 0.2) is 0 Å². The van der Waals surface area contributed by atoms with E-state index in [9.17, 15) is 0 Å². The molecule has 0 unspecified atom stereocenters. The molecule has 0 heterocycles. The Kier molecular flexibility index (Phi) is 12.2. The Morgan fingerprint density at radius 3 is 1.44 bits per heavy atom. The molecule has 0 atom stereocenters. The quantitative estimate of drug-likeness (QED) is 0.307. The zero-order valence-electron chi connectivity index (χ0n) is 12.1. The molecule has 98 valence electrons. The Labute approximate surface area is 105 Å². The summed E-state index contributed by atoms with van der Waals surface area (Å²) >= 11 is 0. The van der Waals surface area contributed by atoms with Crippen LogP contribution in [0.1, 0.15) is 79.1 Å². The molecule has 1 heteroatoms. The van der Waals surface area contributed by atoms with Gasteiger partial charge >= 0.3 is 0 Å². The summed E-state index contributed by atoms with van der Waals surface area (Å²) < 4.78 is 0. The van der Waals surface area contributed by atoms with Gasteiger partial charge in [0.25, 0.3) is 0 Å². The van der Waals surface area contributed by atoms with Gasteiger partial charge in [-0.25, -0.2) is 0 Å². The third-order valence-corrected chi connectivity index (χ3v) is 7.10. The Hall–Kier alpha value is 0.430. The first kappa shape index (κ1) is 16.4. The van der Waals surface area contributed by atoms with E-state index in [-0.39, 0.29) is 0 Å². The first-order valence-electron chi connectivity index (χ1n) is 7.54. The maximum atomic E-state index is 2.39. The number of unbranched alkanes of at least 4 members (excludes halogenated alkanes) is 4. The third kappa shape index (κ3) is 7.66. The van der Waals surface area contributed by atoms with Gasteiger partial charge in [-0.3, -0.25) is 0 Å². The summed E-state index contributed by atoms with van der Waals surface area (Å²) in [4.78, 5) is 0. The van der Waals surface area contributed by atoms with E-state index in [0.29, 0.717) is 7.92 Å². The Morgan fingerprint density at radius 1 is 0.688 bits per heavy atom. The average molecular weight is 244 g/mol. The maximum Gasteiger partial charge on any atom is -0.0214 e. The third-order valence-electron chi connectivity index (χ3n) is 3.56. The predicted molar refractivity (Wildman–Crippen MR) is 80.1 cm³/mol. The molecule has 0 aromatic heterocycles.